The van der Waals surface area contributed by atoms with Crippen molar-refractivity contribution < 1.29 is 19.0 Å². The van der Waals surface area contributed by atoms with E-state index in [1.165, 1.54) is 0 Å². The first-order valence-corrected chi connectivity index (χ1v) is 19.1. The molecule has 0 spiro atoms. The van der Waals surface area contributed by atoms with Gasteiger partial charge in [-0.15, -0.1) is 10.2 Å². The third-order valence-electron chi connectivity index (χ3n) is 10.3. The zero-order valence-corrected chi connectivity index (χ0v) is 31.9. The number of urea groups is 1. The molecule has 1 aliphatic carbocycles. The molecule has 12 heteroatoms. The molecule has 55 heavy (non-hydrogen) atoms. The summed E-state index contributed by atoms with van der Waals surface area (Å²) in [5.74, 6) is 2.81. The Hall–Kier alpha value is -5.72. The lowest BCUT2D eigenvalue weighted by atomic mass is 9.85. The van der Waals surface area contributed by atoms with Crippen LogP contribution in [0.5, 0.6) is 11.5 Å². The summed E-state index contributed by atoms with van der Waals surface area (Å²) in [4.78, 5) is 16.0. The number of fused-ring (bicyclic) bond motifs is 2. The normalized spacial score (nSPS) is 17.5. The summed E-state index contributed by atoms with van der Waals surface area (Å²) < 4.78 is 22.0. The highest BCUT2D eigenvalue weighted by Crippen LogP contribution is 2.39. The minimum absolute atomic E-state index is 0.191. The lowest BCUT2D eigenvalue weighted by molar-refractivity contribution is 0.0322. The van der Waals surface area contributed by atoms with Crippen LogP contribution in [0.15, 0.2) is 97.2 Å². The number of carbonyl (C=O) groups excluding carboxylic acids is 1. The molecule has 2 amide bonds. The zero-order chi connectivity index (χ0) is 37.9. The summed E-state index contributed by atoms with van der Waals surface area (Å²) in [5, 5.41) is 20.2. The van der Waals surface area contributed by atoms with Crippen molar-refractivity contribution in [1.29, 1.82) is 0 Å². The van der Waals surface area contributed by atoms with E-state index < -0.39 is 0 Å². The molecule has 284 valence electrons. The molecule has 12 nitrogen and oxygen atoms in total. The Bertz CT molecular complexity index is 2270. The third kappa shape index (κ3) is 8.20. The number of amides is 2. The molecule has 1 fully saturated rings. The first-order chi connectivity index (χ1) is 26.7. The van der Waals surface area contributed by atoms with E-state index >= 15 is 0 Å². The molecule has 3 aromatic heterocycles. The van der Waals surface area contributed by atoms with Gasteiger partial charge in [-0.2, -0.15) is 5.10 Å². The number of ether oxygens (including phenoxy) is 3. The number of benzene rings is 3. The van der Waals surface area contributed by atoms with Crippen molar-refractivity contribution in [2.24, 2.45) is 0 Å². The van der Waals surface area contributed by atoms with Gasteiger partial charge in [0.2, 0.25) is 0 Å². The minimum atomic E-state index is -0.287. The Balaban J connectivity index is 0.959. The Morgan fingerprint density at radius 3 is 2.49 bits per heavy atom. The third-order valence-corrected chi connectivity index (χ3v) is 10.3. The lowest BCUT2D eigenvalue weighted by Gasteiger charge is -2.32. The van der Waals surface area contributed by atoms with E-state index in [2.05, 4.69) is 65.6 Å². The Morgan fingerprint density at radius 1 is 0.891 bits per heavy atom. The van der Waals surface area contributed by atoms with Crippen LogP contribution in [0.4, 0.5) is 10.6 Å². The van der Waals surface area contributed by atoms with Crippen LogP contribution in [0.1, 0.15) is 68.1 Å². The summed E-state index contributed by atoms with van der Waals surface area (Å²) in [6.45, 7) is 13.3. The van der Waals surface area contributed by atoms with Crippen molar-refractivity contribution in [3.8, 4) is 28.6 Å². The van der Waals surface area contributed by atoms with Crippen molar-refractivity contribution in [3.63, 3.8) is 0 Å². The molecule has 0 bridgehead atoms. The number of aromatic nitrogens is 5. The molecule has 1 aliphatic heterocycles. The van der Waals surface area contributed by atoms with Gasteiger partial charge in [0.05, 0.1) is 36.8 Å². The number of rotatable bonds is 10. The van der Waals surface area contributed by atoms with Crippen molar-refractivity contribution in [1.82, 2.24) is 34.6 Å². The maximum atomic E-state index is 13.6. The SMILES string of the molecule is Cc1ccc(-n2nc(C(C)(C)C)cc2NC(=O)N[C@H]2CCC(Oc3ccc4nnc(-c5cccc(OCCN6CCOCC6)c5)n4c3)c3ccccc32)cc1. The molecular formula is C43H48N8O4. The van der Waals surface area contributed by atoms with Gasteiger partial charge >= 0.3 is 6.03 Å². The molecule has 2 atom stereocenters. The van der Waals surface area contributed by atoms with E-state index in [0.717, 1.165) is 77.9 Å². The highest BCUT2D eigenvalue weighted by Gasteiger charge is 2.30. The average Bonchev–Trinajstić information content (AvgIpc) is 3.81. The number of hydrogen-bond donors (Lipinski definition) is 2. The number of morpholine rings is 1. The van der Waals surface area contributed by atoms with Crippen molar-refractivity contribution >= 4 is 17.5 Å². The predicted octanol–water partition coefficient (Wildman–Crippen LogP) is 7.68. The van der Waals surface area contributed by atoms with Gasteiger partial charge in [0, 0.05) is 36.7 Å². The summed E-state index contributed by atoms with van der Waals surface area (Å²) >= 11 is 0. The van der Waals surface area contributed by atoms with Gasteiger partial charge in [-0.05, 0) is 67.3 Å². The van der Waals surface area contributed by atoms with Gasteiger partial charge in [0.25, 0.3) is 0 Å². The maximum Gasteiger partial charge on any atom is 0.320 e. The quantitative estimate of drug-likeness (QED) is 0.147. The Kier molecular flexibility index (Phi) is 10.3. The highest BCUT2D eigenvalue weighted by molar-refractivity contribution is 5.89. The van der Waals surface area contributed by atoms with Crippen molar-refractivity contribution in [2.75, 3.05) is 44.8 Å². The molecule has 8 rings (SSSR count). The molecule has 1 unspecified atom stereocenters. The van der Waals surface area contributed by atoms with E-state index in [9.17, 15) is 4.79 Å². The first kappa shape index (κ1) is 36.3. The summed E-state index contributed by atoms with van der Waals surface area (Å²) in [6.07, 6.45) is 3.17. The fourth-order valence-electron chi connectivity index (χ4n) is 7.20. The minimum Gasteiger partial charge on any atom is -0.492 e. The van der Waals surface area contributed by atoms with Gasteiger partial charge in [-0.1, -0.05) is 74.9 Å². The summed E-state index contributed by atoms with van der Waals surface area (Å²) in [7, 11) is 0. The number of nitrogens with one attached hydrogen (secondary N) is 2. The standard InChI is InChI=1S/C43H48N8O4/c1-29-12-14-31(15-13-29)51-40(27-38(48-51)43(2,3)4)45-42(52)44-36-17-18-37(35-11-6-5-10-34(35)36)55-33-16-19-39-46-47-41(50(39)28-33)30-8-7-9-32(26-30)54-25-22-49-20-23-53-24-21-49/h5-16,19,26-28,36-37H,17-18,20-25H2,1-4H3,(H2,44,45,52)/t36-,37?/m0/s1. The second kappa shape index (κ2) is 15.6. The molecule has 0 saturated carbocycles. The smallest absolute Gasteiger partial charge is 0.320 e. The van der Waals surface area contributed by atoms with E-state index in [1.807, 2.05) is 89.5 Å². The number of pyridine rings is 1. The molecule has 2 N–H and O–H groups in total. The van der Waals surface area contributed by atoms with Crippen LogP contribution in [0.25, 0.3) is 22.7 Å². The summed E-state index contributed by atoms with van der Waals surface area (Å²) in [6, 6.07) is 29.6. The van der Waals surface area contributed by atoms with Crippen LogP contribution in [-0.4, -0.2) is 74.8 Å². The fourth-order valence-corrected chi connectivity index (χ4v) is 7.20. The summed E-state index contributed by atoms with van der Waals surface area (Å²) in [5.41, 5.74) is 6.44. The Morgan fingerprint density at radius 2 is 1.69 bits per heavy atom. The van der Waals surface area contributed by atoms with Crippen LogP contribution >= 0.6 is 0 Å². The number of carbonyl (C=O) groups is 1. The Labute approximate surface area is 321 Å². The lowest BCUT2D eigenvalue weighted by Crippen LogP contribution is -2.38. The average molecular weight is 741 g/mol. The van der Waals surface area contributed by atoms with Crippen LogP contribution in [-0.2, 0) is 10.2 Å². The largest absolute Gasteiger partial charge is 0.492 e. The van der Waals surface area contributed by atoms with E-state index in [1.54, 1.807) is 4.68 Å². The van der Waals surface area contributed by atoms with E-state index in [-0.39, 0.29) is 23.6 Å². The van der Waals surface area contributed by atoms with Gasteiger partial charge in [-0.3, -0.25) is 14.6 Å². The molecule has 1 saturated heterocycles. The monoisotopic (exact) mass is 740 g/mol. The topological polar surface area (TPSA) is 120 Å². The molecule has 3 aromatic carbocycles. The number of hydrogen-bond acceptors (Lipinski definition) is 8. The second-order valence-electron chi connectivity index (χ2n) is 15.3. The predicted molar refractivity (Wildman–Crippen MR) is 212 cm³/mol. The van der Waals surface area contributed by atoms with Crippen LogP contribution in [0, 0.1) is 6.92 Å². The number of nitrogens with zero attached hydrogens (tertiary/aromatic N) is 6. The van der Waals surface area contributed by atoms with Crippen LogP contribution in [0.3, 0.4) is 0 Å². The molecule has 6 aromatic rings. The highest BCUT2D eigenvalue weighted by atomic mass is 16.5. The van der Waals surface area contributed by atoms with Gasteiger partial charge in [-0.25, -0.2) is 9.48 Å². The van der Waals surface area contributed by atoms with Crippen LogP contribution < -0.4 is 20.1 Å². The maximum absolute atomic E-state index is 13.6. The van der Waals surface area contributed by atoms with Crippen molar-refractivity contribution in [3.05, 3.63) is 120 Å². The molecule has 4 heterocycles. The fraction of sp³-hybridized carbons (Fsp3) is 0.349. The zero-order valence-electron chi connectivity index (χ0n) is 31.9. The van der Waals surface area contributed by atoms with Crippen LogP contribution in [0.2, 0.25) is 0 Å². The second-order valence-corrected chi connectivity index (χ2v) is 15.3. The van der Waals surface area contributed by atoms with Gasteiger partial charge < -0.3 is 19.5 Å². The molecule has 2 aliphatic rings. The van der Waals surface area contributed by atoms with Gasteiger partial charge in [0.15, 0.2) is 11.5 Å². The first-order valence-electron chi connectivity index (χ1n) is 19.1. The number of aryl methyl sites for hydroxylation is 1. The van der Waals surface area contributed by atoms with E-state index in [0.29, 0.717) is 36.8 Å². The molecule has 0 radical (unpaired) electrons. The van der Waals surface area contributed by atoms with Gasteiger partial charge in [0.1, 0.15) is 30.0 Å². The van der Waals surface area contributed by atoms with E-state index in [4.69, 9.17) is 19.3 Å². The van der Waals surface area contributed by atoms with Crippen molar-refractivity contribution in [2.45, 2.75) is 58.1 Å². The molecular weight excluding hydrogens is 693 g/mol. The number of anilines is 1.